The smallest absolute Gasteiger partial charge is 0.162 e. The summed E-state index contributed by atoms with van der Waals surface area (Å²) in [6.07, 6.45) is 1.17. The van der Waals surface area contributed by atoms with E-state index in [1.807, 2.05) is 13.8 Å². The molecule has 78 valence electrons. The third-order valence-corrected chi connectivity index (χ3v) is 2.23. The van der Waals surface area contributed by atoms with E-state index < -0.39 is 0 Å². The van der Waals surface area contributed by atoms with Gasteiger partial charge in [-0.2, -0.15) is 0 Å². The summed E-state index contributed by atoms with van der Waals surface area (Å²) in [6.45, 7) is 12.4. The maximum Gasteiger partial charge on any atom is 0.162 e. The fraction of sp³-hybridized carbons (Fsp3) is 1.00. The Morgan fingerprint density at radius 2 is 1.62 bits per heavy atom. The first-order chi connectivity index (χ1) is 5.79. The lowest BCUT2D eigenvalue weighted by Gasteiger charge is -2.37. The highest BCUT2D eigenvalue weighted by molar-refractivity contribution is 4.73. The zero-order chi connectivity index (χ0) is 10.1. The Hall–Kier alpha value is -0.0800. The summed E-state index contributed by atoms with van der Waals surface area (Å²) < 4.78 is 11.2. The Labute approximate surface area is 81.6 Å². The number of hydrogen-bond acceptors (Lipinski definition) is 2. The summed E-state index contributed by atoms with van der Waals surface area (Å²) in [4.78, 5) is 0. The van der Waals surface area contributed by atoms with Crippen LogP contribution >= 0.6 is 0 Å². The highest BCUT2D eigenvalue weighted by atomic mass is 16.7. The number of ether oxygens (including phenoxy) is 2. The topological polar surface area (TPSA) is 18.5 Å². The zero-order valence-corrected chi connectivity index (χ0v) is 9.52. The average Bonchev–Trinajstić information content (AvgIpc) is 1.91. The molecule has 0 saturated carbocycles. The average molecular weight is 186 g/mol. The lowest BCUT2D eigenvalue weighted by Crippen LogP contribution is -2.40. The van der Waals surface area contributed by atoms with Crippen LogP contribution in [-0.4, -0.2) is 19.0 Å². The molecular formula is C11H22O2. The second kappa shape index (κ2) is 3.58. The lowest BCUT2D eigenvalue weighted by atomic mass is 9.85. The van der Waals surface area contributed by atoms with Gasteiger partial charge in [0.2, 0.25) is 0 Å². The quantitative estimate of drug-likeness (QED) is 0.627. The van der Waals surface area contributed by atoms with E-state index >= 15 is 0 Å². The molecule has 0 radical (unpaired) electrons. The molecule has 0 atom stereocenters. The van der Waals surface area contributed by atoms with E-state index in [0.717, 1.165) is 13.2 Å². The van der Waals surface area contributed by atoms with Crippen molar-refractivity contribution in [2.24, 2.45) is 11.3 Å². The van der Waals surface area contributed by atoms with Crippen LogP contribution in [0.1, 0.15) is 41.0 Å². The maximum absolute atomic E-state index is 5.60. The minimum Gasteiger partial charge on any atom is -0.350 e. The van der Waals surface area contributed by atoms with Crippen LogP contribution in [-0.2, 0) is 9.47 Å². The van der Waals surface area contributed by atoms with E-state index in [2.05, 4.69) is 20.8 Å². The summed E-state index contributed by atoms with van der Waals surface area (Å²) in [5.41, 5.74) is 0.374. The van der Waals surface area contributed by atoms with Gasteiger partial charge in [0, 0.05) is 5.92 Å². The van der Waals surface area contributed by atoms with E-state index in [9.17, 15) is 0 Å². The van der Waals surface area contributed by atoms with Gasteiger partial charge in [-0.25, -0.2) is 0 Å². The van der Waals surface area contributed by atoms with Crippen LogP contribution in [0.2, 0.25) is 0 Å². The van der Waals surface area contributed by atoms with Gasteiger partial charge in [0.25, 0.3) is 0 Å². The first-order valence-corrected chi connectivity index (χ1v) is 5.06. The van der Waals surface area contributed by atoms with E-state index in [1.165, 1.54) is 6.42 Å². The van der Waals surface area contributed by atoms with Crippen molar-refractivity contribution < 1.29 is 9.47 Å². The molecule has 0 aliphatic carbocycles. The first-order valence-electron chi connectivity index (χ1n) is 5.06. The van der Waals surface area contributed by atoms with Crippen molar-refractivity contribution in [3.05, 3.63) is 0 Å². The molecule has 1 aliphatic heterocycles. The number of hydrogen-bond donors (Lipinski definition) is 0. The molecule has 0 aromatic carbocycles. The minimum atomic E-state index is -0.367. The largest absolute Gasteiger partial charge is 0.350 e. The van der Waals surface area contributed by atoms with Crippen LogP contribution in [0, 0.1) is 11.3 Å². The zero-order valence-electron chi connectivity index (χ0n) is 9.52. The van der Waals surface area contributed by atoms with Gasteiger partial charge in [0.05, 0.1) is 13.2 Å². The Morgan fingerprint density at radius 1 is 1.15 bits per heavy atom. The molecule has 0 amide bonds. The van der Waals surface area contributed by atoms with Gasteiger partial charge in [-0.05, 0) is 25.7 Å². The molecule has 1 saturated heterocycles. The maximum atomic E-state index is 5.60. The molecule has 1 rings (SSSR count). The van der Waals surface area contributed by atoms with Crippen molar-refractivity contribution in [3.8, 4) is 0 Å². The molecule has 0 aromatic rings. The molecular weight excluding hydrogens is 164 g/mol. The van der Waals surface area contributed by atoms with Gasteiger partial charge in [-0.3, -0.25) is 0 Å². The standard InChI is InChI=1S/C11H22O2/c1-10(2,3)6-9-7-12-11(4,5)13-8-9/h9H,6-8H2,1-5H3. The van der Waals surface area contributed by atoms with E-state index in [0.29, 0.717) is 11.3 Å². The third-order valence-electron chi connectivity index (χ3n) is 2.23. The van der Waals surface area contributed by atoms with Crippen molar-refractivity contribution in [2.75, 3.05) is 13.2 Å². The predicted octanol–water partition coefficient (Wildman–Crippen LogP) is 2.82. The SMILES string of the molecule is CC(C)(C)CC1COC(C)(C)OC1. The molecule has 1 aliphatic rings. The second-order valence-electron chi connectivity index (χ2n) is 5.65. The van der Waals surface area contributed by atoms with Crippen molar-refractivity contribution >= 4 is 0 Å². The predicted molar refractivity (Wildman–Crippen MR) is 53.5 cm³/mol. The Balaban J connectivity index is 2.34. The Morgan fingerprint density at radius 3 is 2.00 bits per heavy atom. The van der Waals surface area contributed by atoms with E-state index in [1.54, 1.807) is 0 Å². The molecule has 0 spiro atoms. The van der Waals surface area contributed by atoms with Crippen LogP contribution in [0.5, 0.6) is 0 Å². The fourth-order valence-corrected chi connectivity index (χ4v) is 1.71. The molecule has 2 nitrogen and oxygen atoms in total. The normalized spacial score (nSPS) is 24.7. The summed E-state index contributed by atoms with van der Waals surface area (Å²) in [7, 11) is 0. The molecule has 13 heavy (non-hydrogen) atoms. The van der Waals surface area contributed by atoms with Crippen LogP contribution in [0.15, 0.2) is 0 Å². The molecule has 2 heteroatoms. The fourth-order valence-electron chi connectivity index (χ4n) is 1.71. The van der Waals surface area contributed by atoms with Crippen LogP contribution in [0.25, 0.3) is 0 Å². The van der Waals surface area contributed by atoms with Gasteiger partial charge in [0.1, 0.15) is 0 Å². The van der Waals surface area contributed by atoms with Gasteiger partial charge in [0.15, 0.2) is 5.79 Å². The summed E-state index contributed by atoms with van der Waals surface area (Å²) in [5, 5.41) is 0. The summed E-state index contributed by atoms with van der Waals surface area (Å²) in [6, 6.07) is 0. The minimum absolute atomic E-state index is 0.367. The van der Waals surface area contributed by atoms with E-state index in [4.69, 9.17) is 9.47 Å². The van der Waals surface area contributed by atoms with Crippen LogP contribution in [0.3, 0.4) is 0 Å². The Bertz CT molecular complexity index is 157. The second-order valence-corrected chi connectivity index (χ2v) is 5.65. The molecule has 0 N–H and O–H groups in total. The molecule has 1 fully saturated rings. The lowest BCUT2D eigenvalue weighted by molar-refractivity contribution is -0.264. The third kappa shape index (κ3) is 4.10. The first kappa shape index (κ1) is 11.0. The van der Waals surface area contributed by atoms with Crippen molar-refractivity contribution in [1.82, 2.24) is 0 Å². The van der Waals surface area contributed by atoms with Crippen LogP contribution < -0.4 is 0 Å². The van der Waals surface area contributed by atoms with Crippen molar-refractivity contribution in [2.45, 2.75) is 46.8 Å². The number of rotatable bonds is 1. The Kier molecular flexibility index (Phi) is 3.03. The van der Waals surface area contributed by atoms with E-state index in [-0.39, 0.29) is 5.79 Å². The highest BCUT2D eigenvalue weighted by Crippen LogP contribution is 2.29. The van der Waals surface area contributed by atoms with Gasteiger partial charge in [-0.15, -0.1) is 0 Å². The van der Waals surface area contributed by atoms with Crippen LogP contribution in [0.4, 0.5) is 0 Å². The summed E-state index contributed by atoms with van der Waals surface area (Å²) >= 11 is 0. The van der Waals surface area contributed by atoms with Crippen molar-refractivity contribution in [3.63, 3.8) is 0 Å². The van der Waals surface area contributed by atoms with Gasteiger partial charge >= 0.3 is 0 Å². The highest BCUT2D eigenvalue weighted by Gasteiger charge is 2.30. The molecule has 1 heterocycles. The monoisotopic (exact) mass is 186 g/mol. The molecule has 0 unspecified atom stereocenters. The van der Waals surface area contributed by atoms with Gasteiger partial charge < -0.3 is 9.47 Å². The van der Waals surface area contributed by atoms with Crippen molar-refractivity contribution in [1.29, 1.82) is 0 Å². The van der Waals surface area contributed by atoms with Gasteiger partial charge in [-0.1, -0.05) is 20.8 Å². The molecule has 0 aromatic heterocycles. The summed E-state index contributed by atoms with van der Waals surface area (Å²) in [5.74, 6) is 0.196. The molecule has 0 bridgehead atoms.